The van der Waals surface area contributed by atoms with Crippen LogP contribution in [0.1, 0.15) is 45.2 Å². The van der Waals surface area contributed by atoms with Crippen molar-refractivity contribution in [3.05, 3.63) is 99.0 Å². The number of rotatable bonds is 5. The molecular formula is C21H16F4N2O2. The molecule has 0 bridgehead atoms. The number of aryl methyl sites for hydroxylation is 1. The van der Waals surface area contributed by atoms with Gasteiger partial charge in [-0.2, -0.15) is 13.2 Å². The minimum absolute atomic E-state index is 0.0254. The summed E-state index contributed by atoms with van der Waals surface area (Å²) in [5, 5.41) is 0. The number of halogens is 4. The maximum Gasteiger partial charge on any atom is 0.416 e. The maximum absolute atomic E-state index is 14.5. The number of ketones is 1. The molecule has 0 aliphatic rings. The molecule has 2 heterocycles. The molecule has 1 aromatic carbocycles. The van der Waals surface area contributed by atoms with E-state index in [9.17, 15) is 27.2 Å². The number of alkyl halides is 3. The predicted molar refractivity (Wildman–Crippen MR) is 98.2 cm³/mol. The van der Waals surface area contributed by atoms with Gasteiger partial charge in [-0.1, -0.05) is 12.1 Å². The third kappa shape index (κ3) is 4.77. The molecule has 3 aromatic rings. The predicted octanol–water partition coefficient (Wildman–Crippen LogP) is 4.64. The van der Waals surface area contributed by atoms with Crippen LogP contribution < -0.4 is 5.56 Å². The van der Waals surface area contributed by atoms with E-state index in [0.29, 0.717) is 11.3 Å². The molecule has 0 spiro atoms. The highest BCUT2D eigenvalue weighted by Crippen LogP contribution is 2.34. The molecule has 0 saturated heterocycles. The highest BCUT2D eigenvalue weighted by molar-refractivity contribution is 5.96. The van der Waals surface area contributed by atoms with Crippen molar-refractivity contribution < 1.29 is 22.4 Å². The van der Waals surface area contributed by atoms with Gasteiger partial charge in [0.15, 0.2) is 5.78 Å². The lowest BCUT2D eigenvalue weighted by Gasteiger charge is -2.18. The van der Waals surface area contributed by atoms with Crippen molar-refractivity contribution in [1.82, 2.24) is 9.97 Å². The average molecular weight is 404 g/mol. The Balaban J connectivity index is 2.02. The van der Waals surface area contributed by atoms with Gasteiger partial charge >= 0.3 is 6.18 Å². The van der Waals surface area contributed by atoms with Crippen LogP contribution in [0.25, 0.3) is 0 Å². The topological polar surface area (TPSA) is 62.8 Å². The van der Waals surface area contributed by atoms with Crippen LogP contribution in [0.15, 0.2) is 59.5 Å². The molecule has 0 radical (unpaired) electrons. The molecule has 0 aliphatic carbocycles. The quantitative estimate of drug-likeness (QED) is 0.498. The smallest absolute Gasteiger partial charge is 0.328 e. The SMILES string of the molecule is Cc1ccc(F)c([C@@H](CC(=O)c2ccc(=O)[nH]c2)c2ccc(C(F)(F)F)cc2)n1. The summed E-state index contributed by atoms with van der Waals surface area (Å²) in [6.07, 6.45) is -3.49. The molecule has 4 nitrogen and oxygen atoms in total. The van der Waals surface area contributed by atoms with E-state index in [1.165, 1.54) is 42.6 Å². The summed E-state index contributed by atoms with van der Waals surface area (Å²) < 4.78 is 53.1. The van der Waals surface area contributed by atoms with E-state index in [4.69, 9.17) is 0 Å². The fourth-order valence-corrected chi connectivity index (χ4v) is 2.97. The Morgan fingerprint density at radius 2 is 1.76 bits per heavy atom. The number of aromatic amines is 1. The Bertz CT molecular complexity index is 1070. The zero-order valence-electron chi connectivity index (χ0n) is 15.3. The van der Waals surface area contributed by atoms with Crippen molar-refractivity contribution in [3.63, 3.8) is 0 Å². The summed E-state index contributed by atoms with van der Waals surface area (Å²) in [5.41, 5.74) is -0.212. The van der Waals surface area contributed by atoms with E-state index in [-0.39, 0.29) is 23.2 Å². The lowest BCUT2D eigenvalue weighted by atomic mass is 9.88. The number of pyridine rings is 2. The van der Waals surface area contributed by atoms with Crippen molar-refractivity contribution in [2.24, 2.45) is 0 Å². The summed E-state index contributed by atoms with van der Waals surface area (Å²) in [6.45, 7) is 1.65. The molecule has 1 atom stereocenters. The molecule has 0 amide bonds. The van der Waals surface area contributed by atoms with Gasteiger partial charge in [0.25, 0.3) is 0 Å². The monoisotopic (exact) mass is 404 g/mol. The second-order valence-electron chi connectivity index (χ2n) is 6.56. The van der Waals surface area contributed by atoms with Crippen LogP contribution in [0.4, 0.5) is 17.6 Å². The van der Waals surface area contributed by atoms with Gasteiger partial charge in [0.1, 0.15) is 5.82 Å². The van der Waals surface area contributed by atoms with Crippen LogP contribution in [-0.2, 0) is 6.18 Å². The Hall–Kier alpha value is -3.29. The fraction of sp³-hybridized carbons (Fsp3) is 0.190. The third-order valence-electron chi connectivity index (χ3n) is 4.48. The number of hydrogen-bond donors (Lipinski definition) is 1. The molecule has 2 aromatic heterocycles. The van der Waals surface area contributed by atoms with Crippen LogP contribution in [0, 0.1) is 12.7 Å². The standard InChI is InChI=1S/C21H16F4N2O2/c1-12-2-8-17(22)20(27-12)16(10-18(28)14-5-9-19(29)26-11-14)13-3-6-15(7-4-13)21(23,24)25/h2-9,11,16H,10H2,1H3,(H,26,29)/t16-/m0/s1. The summed E-state index contributed by atoms with van der Waals surface area (Å²) in [6, 6.07) is 9.41. The van der Waals surface area contributed by atoms with Crippen LogP contribution in [-0.4, -0.2) is 15.8 Å². The van der Waals surface area contributed by atoms with Crippen molar-refractivity contribution in [2.45, 2.75) is 25.4 Å². The van der Waals surface area contributed by atoms with Gasteiger partial charge < -0.3 is 4.98 Å². The van der Waals surface area contributed by atoms with Crippen LogP contribution in [0.2, 0.25) is 0 Å². The normalized spacial score (nSPS) is 12.6. The van der Waals surface area contributed by atoms with Gasteiger partial charge in [-0.05, 0) is 42.8 Å². The Morgan fingerprint density at radius 1 is 1.07 bits per heavy atom. The lowest BCUT2D eigenvalue weighted by Crippen LogP contribution is -2.14. The van der Waals surface area contributed by atoms with E-state index in [2.05, 4.69) is 9.97 Å². The largest absolute Gasteiger partial charge is 0.416 e. The molecule has 0 fully saturated rings. The highest BCUT2D eigenvalue weighted by atomic mass is 19.4. The summed E-state index contributed by atoms with van der Waals surface area (Å²) >= 11 is 0. The summed E-state index contributed by atoms with van der Waals surface area (Å²) in [7, 11) is 0. The van der Waals surface area contributed by atoms with Gasteiger partial charge in [0.2, 0.25) is 5.56 Å². The first-order valence-electron chi connectivity index (χ1n) is 8.67. The van der Waals surface area contributed by atoms with Crippen molar-refractivity contribution >= 4 is 5.78 Å². The fourth-order valence-electron chi connectivity index (χ4n) is 2.97. The summed E-state index contributed by atoms with van der Waals surface area (Å²) in [4.78, 5) is 30.4. The number of aromatic nitrogens is 2. The Morgan fingerprint density at radius 3 is 2.34 bits per heavy atom. The first-order valence-corrected chi connectivity index (χ1v) is 8.67. The molecule has 150 valence electrons. The lowest BCUT2D eigenvalue weighted by molar-refractivity contribution is -0.137. The third-order valence-corrected chi connectivity index (χ3v) is 4.48. The molecule has 0 saturated carbocycles. The number of nitrogens with one attached hydrogen (secondary N) is 1. The van der Waals surface area contributed by atoms with Crippen molar-refractivity contribution in [3.8, 4) is 0 Å². The van der Waals surface area contributed by atoms with Crippen molar-refractivity contribution in [1.29, 1.82) is 0 Å². The molecule has 8 heteroatoms. The number of nitrogens with zero attached hydrogens (tertiary/aromatic N) is 1. The van der Waals surface area contributed by atoms with E-state index in [1.807, 2.05) is 0 Å². The first-order chi connectivity index (χ1) is 13.6. The second kappa shape index (κ2) is 7.98. The number of Topliss-reactive ketones (excluding diaryl/α,β-unsaturated/α-hetero) is 1. The van der Waals surface area contributed by atoms with Crippen LogP contribution in [0.5, 0.6) is 0 Å². The highest BCUT2D eigenvalue weighted by Gasteiger charge is 2.31. The van der Waals surface area contributed by atoms with E-state index >= 15 is 0 Å². The minimum Gasteiger partial charge on any atom is -0.328 e. The van der Waals surface area contributed by atoms with E-state index < -0.39 is 29.3 Å². The molecule has 3 rings (SSSR count). The van der Waals surface area contributed by atoms with Crippen LogP contribution in [0.3, 0.4) is 0 Å². The van der Waals surface area contributed by atoms with Crippen molar-refractivity contribution in [2.75, 3.05) is 0 Å². The molecule has 29 heavy (non-hydrogen) atoms. The number of H-pyrrole nitrogens is 1. The van der Waals surface area contributed by atoms with Gasteiger partial charge in [0, 0.05) is 35.9 Å². The summed E-state index contributed by atoms with van der Waals surface area (Å²) in [5.74, 6) is -1.96. The number of carbonyl (C=O) groups excluding carboxylic acids is 1. The Labute approximate surface area is 163 Å². The average Bonchev–Trinajstić information content (AvgIpc) is 2.68. The van der Waals surface area contributed by atoms with Gasteiger partial charge in [-0.3, -0.25) is 14.6 Å². The zero-order valence-corrected chi connectivity index (χ0v) is 15.3. The molecule has 0 aliphatic heterocycles. The number of benzene rings is 1. The first kappa shape index (κ1) is 20.4. The minimum atomic E-state index is -4.51. The van der Waals surface area contributed by atoms with E-state index in [0.717, 1.165) is 12.1 Å². The van der Waals surface area contributed by atoms with Crippen LogP contribution >= 0.6 is 0 Å². The van der Waals surface area contributed by atoms with Gasteiger partial charge in [-0.15, -0.1) is 0 Å². The number of carbonyl (C=O) groups is 1. The molecule has 1 N–H and O–H groups in total. The zero-order chi connectivity index (χ0) is 21.2. The van der Waals surface area contributed by atoms with Gasteiger partial charge in [0.05, 0.1) is 11.3 Å². The maximum atomic E-state index is 14.5. The van der Waals surface area contributed by atoms with E-state index in [1.54, 1.807) is 6.92 Å². The second-order valence-corrected chi connectivity index (χ2v) is 6.56. The number of hydrogen-bond acceptors (Lipinski definition) is 3. The molecular weight excluding hydrogens is 388 g/mol. The van der Waals surface area contributed by atoms with Gasteiger partial charge in [-0.25, -0.2) is 4.39 Å². The molecule has 0 unspecified atom stereocenters. The Kier molecular flexibility index (Phi) is 5.63.